The Morgan fingerprint density at radius 3 is 2.31 bits per heavy atom. The predicted molar refractivity (Wildman–Crippen MR) is 96.6 cm³/mol. The van der Waals surface area contributed by atoms with Crippen molar-refractivity contribution in [3.8, 4) is 0 Å². The van der Waals surface area contributed by atoms with Crippen molar-refractivity contribution in [1.29, 1.82) is 0 Å². The molecule has 0 heterocycles. The van der Waals surface area contributed by atoms with Gasteiger partial charge in [-0.3, -0.25) is 4.79 Å². The van der Waals surface area contributed by atoms with E-state index in [1.807, 2.05) is 13.8 Å². The van der Waals surface area contributed by atoms with Crippen LogP contribution in [0.1, 0.15) is 46.5 Å². The summed E-state index contributed by atoms with van der Waals surface area (Å²) in [7, 11) is -5.95. The molecule has 2 aliphatic rings. The summed E-state index contributed by atoms with van der Waals surface area (Å²) in [5.41, 5.74) is -7.56. The van der Waals surface area contributed by atoms with Crippen LogP contribution < -0.4 is 0 Å². The third-order valence-corrected chi connectivity index (χ3v) is 7.27. The van der Waals surface area contributed by atoms with Gasteiger partial charge in [-0.1, -0.05) is 26.5 Å². The monoisotopic (exact) mass is 442 g/mol. The van der Waals surface area contributed by atoms with Gasteiger partial charge in [0.1, 0.15) is 11.9 Å². The fraction of sp³-hybridized carbons (Fsp3) is 0.632. The maximum absolute atomic E-state index is 14.3. The molecule has 0 unspecified atom stereocenters. The first-order chi connectivity index (χ1) is 13.0. The standard InChI is InChI=1S/C19H23F5O4S/c1-5-11(12-8-17(3,4)7-6-14(12)25)13-9-18(20,21)16(26)15(13)10(2)29(27,28)19(22,23)24/h5,12,16,26H,1,6-9H2,2-4H3/b13-11+,15-10-/t12-,16-/m0/s1. The Labute approximate surface area is 166 Å². The first kappa shape index (κ1) is 23.7. The second-order valence-corrected chi connectivity index (χ2v) is 10.4. The molecular formula is C19H23F5O4S. The third kappa shape index (κ3) is 4.19. The highest BCUT2D eigenvalue weighted by Gasteiger charge is 2.55. The normalized spacial score (nSPS) is 30.9. The molecule has 0 spiro atoms. The molecule has 0 aliphatic heterocycles. The van der Waals surface area contributed by atoms with E-state index in [1.54, 1.807) is 0 Å². The summed E-state index contributed by atoms with van der Waals surface area (Å²) in [5, 5.41) is 10.0. The minimum atomic E-state index is -5.95. The molecule has 0 aromatic heterocycles. The molecule has 1 N–H and O–H groups in total. The Morgan fingerprint density at radius 2 is 1.83 bits per heavy atom. The number of aliphatic hydroxyl groups is 1. The summed E-state index contributed by atoms with van der Waals surface area (Å²) in [6.07, 6.45) is -1.86. The summed E-state index contributed by atoms with van der Waals surface area (Å²) in [5.74, 6) is -5.08. The Bertz CT molecular complexity index is 894. The van der Waals surface area contributed by atoms with Crippen LogP contribution in [-0.4, -0.2) is 36.8 Å². The number of Topliss-reactive ketones (excluding diaryl/α,β-unsaturated/α-hetero) is 1. The van der Waals surface area contributed by atoms with Crippen LogP contribution in [0.4, 0.5) is 22.0 Å². The van der Waals surface area contributed by atoms with E-state index >= 15 is 0 Å². The van der Waals surface area contributed by atoms with Crippen molar-refractivity contribution in [2.45, 2.75) is 64.0 Å². The summed E-state index contributed by atoms with van der Waals surface area (Å²) >= 11 is 0. The van der Waals surface area contributed by atoms with E-state index in [-0.39, 0.29) is 29.6 Å². The lowest BCUT2D eigenvalue weighted by atomic mass is 9.68. The maximum Gasteiger partial charge on any atom is 0.501 e. The van der Waals surface area contributed by atoms with Crippen molar-refractivity contribution in [2.24, 2.45) is 11.3 Å². The SMILES string of the molecule is C=C/C(=C1/CC(F)(F)[C@@H](O)/C1=C(/C)S(=O)(=O)C(F)(F)F)[C@@H]1CC(C)(C)CCC1=O. The van der Waals surface area contributed by atoms with Crippen molar-refractivity contribution >= 4 is 15.6 Å². The van der Waals surface area contributed by atoms with Gasteiger partial charge in [0.15, 0.2) is 0 Å². The molecule has 0 aromatic rings. The van der Waals surface area contributed by atoms with Crippen molar-refractivity contribution in [1.82, 2.24) is 0 Å². The number of rotatable bonds is 3. The number of sulfone groups is 1. The van der Waals surface area contributed by atoms with Crippen LogP contribution in [0.2, 0.25) is 0 Å². The Kier molecular flexibility index (Phi) is 5.97. The lowest BCUT2D eigenvalue weighted by Crippen LogP contribution is -2.32. The predicted octanol–water partition coefficient (Wildman–Crippen LogP) is 4.47. The van der Waals surface area contributed by atoms with E-state index in [4.69, 9.17) is 0 Å². The van der Waals surface area contributed by atoms with E-state index in [0.717, 1.165) is 6.08 Å². The number of allylic oxidation sites excluding steroid dienone is 3. The average Bonchev–Trinajstić information content (AvgIpc) is 2.79. The van der Waals surface area contributed by atoms with Crippen LogP contribution in [-0.2, 0) is 14.6 Å². The van der Waals surface area contributed by atoms with Gasteiger partial charge >= 0.3 is 5.51 Å². The van der Waals surface area contributed by atoms with Gasteiger partial charge in [-0.25, -0.2) is 17.2 Å². The fourth-order valence-corrected chi connectivity index (χ4v) is 4.82. The quantitative estimate of drug-likeness (QED) is 0.655. The number of carbonyl (C=O) groups excluding carboxylic acids is 1. The van der Waals surface area contributed by atoms with Crippen molar-refractivity contribution in [2.75, 3.05) is 0 Å². The van der Waals surface area contributed by atoms with E-state index in [2.05, 4.69) is 6.58 Å². The molecule has 164 valence electrons. The van der Waals surface area contributed by atoms with Crippen molar-refractivity contribution in [3.05, 3.63) is 34.3 Å². The zero-order chi connectivity index (χ0) is 22.6. The highest BCUT2D eigenvalue weighted by Crippen LogP contribution is 2.50. The van der Waals surface area contributed by atoms with Gasteiger partial charge in [-0.15, -0.1) is 0 Å². The lowest BCUT2D eigenvalue weighted by Gasteiger charge is -2.35. The largest absolute Gasteiger partial charge is 0.501 e. The molecule has 2 rings (SSSR count). The fourth-order valence-electron chi connectivity index (χ4n) is 3.95. The van der Waals surface area contributed by atoms with E-state index in [9.17, 15) is 40.3 Å². The summed E-state index contributed by atoms with van der Waals surface area (Å²) in [4.78, 5) is 11.1. The second kappa shape index (κ2) is 7.30. The highest BCUT2D eigenvalue weighted by atomic mass is 32.2. The molecule has 2 atom stereocenters. The van der Waals surface area contributed by atoms with Crippen molar-refractivity contribution < 1.29 is 40.3 Å². The first-order valence-corrected chi connectivity index (χ1v) is 10.4. The van der Waals surface area contributed by atoms with Crippen molar-refractivity contribution in [3.63, 3.8) is 0 Å². The Morgan fingerprint density at radius 1 is 1.28 bits per heavy atom. The van der Waals surface area contributed by atoms with Crippen LogP contribution in [0.15, 0.2) is 34.3 Å². The topological polar surface area (TPSA) is 71.4 Å². The minimum Gasteiger partial charge on any atom is -0.382 e. The highest BCUT2D eigenvalue weighted by molar-refractivity contribution is 7.96. The van der Waals surface area contributed by atoms with Gasteiger partial charge < -0.3 is 5.11 Å². The number of hydrogen-bond acceptors (Lipinski definition) is 4. The number of alkyl halides is 5. The van der Waals surface area contributed by atoms with Crippen LogP contribution >= 0.6 is 0 Å². The van der Waals surface area contributed by atoms with Gasteiger partial charge in [0.05, 0.1) is 4.91 Å². The summed E-state index contributed by atoms with van der Waals surface area (Å²) < 4.78 is 91.3. The Balaban J connectivity index is 2.80. The third-order valence-electron chi connectivity index (χ3n) is 5.64. The number of halogens is 5. The molecule has 2 saturated carbocycles. The second-order valence-electron chi connectivity index (χ2n) is 8.28. The van der Waals surface area contributed by atoms with Gasteiger partial charge in [-0.2, -0.15) is 13.2 Å². The number of hydrogen-bond donors (Lipinski definition) is 1. The van der Waals surface area contributed by atoms with Crippen LogP contribution in [0.3, 0.4) is 0 Å². The van der Waals surface area contributed by atoms with E-state index < -0.39 is 55.8 Å². The molecule has 2 fully saturated rings. The molecule has 0 saturated heterocycles. The molecule has 2 aliphatic carbocycles. The van der Waals surface area contributed by atoms with Crippen LogP contribution in [0, 0.1) is 11.3 Å². The number of ketones is 1. The zero-order valence-corrected chi connectivity index (χ0v) is 17.1. The minimum absolute atomic E-state index is 0.0503. The van der Waals surface area contributed by atoms with Gasteiger partial charge in [-0.05, 0) is 36.3 Å². The molecule has 0 bridgehead atoms. The molecule has 0 amide bonds. The van der Waals surface area contributed by atoms with Gasteiger partial charge in [0.2, 0.25) is 0 Å². The lowest BCUT2D eigenvalue weighted by molar-refractivity contribution is -0.125. The molecule has 10 heteroatoms. The smallest absolute Gasteiger partial charge is 0.382 e. The van der Waals surface area contributed by atoms with E-state index in [1.165, 1.54) is 0 Å². The molecule has 0 radical (unpaired) electrons. The average molecular weight is 442 g/mol. The Hall–Kier alpha value is -1.55. The van der Waals surface area contributed by atoms with Crippen LogP contribution in [0.5, 0.6) is 0 Å². The molecule has 29 heavy (non-hydrogen) atoms. The molecular weight excluding hydrogens is 419 g/mol. The van der Waals surface area contributed by atoms with E-state index in [0.29, 0.717) is 13.3 Å². The number of aliphatic hydroxyl groups excluding tert-OH is 1. The number of carbonyl (C=O) groups is 1. The first-order valence-electron chi connectivity index (χ1n) is 8.93. The zero-order valence-electron chi connectivity index (χ0n) is 16.2. The molecule has 0 aromatic carbocycles. The van der Waals surface area contributed by atoms with Gasteiger partial charge in [0.25, 0.3) is 15.8 Å². The summed E-state index contributed by atoms with van der Waals surface area (Å²) in [6.45, 7) is 7.78. The van der Waals surface area contributed by atoms with Gasteiger partial charge in [0, 0.05) is 24.3 Å². The summed E-state index contributed by atoms with van der Waals surface area (Å²) in [6, 6.07) is 0. The van der Waals surface area contributed by atoms with Crippen LogP contribution in [0.25, 0.3) is 0 Å². The molecule has 4 nitrogen and oxygen atoms in total. The maximum atomic E-state index is 14.3.